The molecule has 0 radical (unpaired) electrons. The first-order valence-corrected chi connectivity index (χ1v) is 4.36. The molecule has 2 rings (SSSR count). The number of hydrogen-bond donors (Lipinski definition) is 0. The molecule has 0 saturated carbocycles. The molecule has 0 spiro atoms. The van der Waals surface area contributed by atoms with E-state index in [1.807, 2.05) is 30.3 Å². The molecule has 6 heteroatoms. The fourth-order valence-electron chi connectivity index (χ4n) is 0.714. The van der Waals surface area contributed by atoms with Crippen LogP contribution in [-0.2, 0) is 17.1 Å². The van der Waals surface area contributed by atoms with Crippen molar-refractivity contribution in [3.8, 4) is 0 Å². The van der Waals surface area contributed by atoms with Gasteiger partial charge in [0.15, 0.2) is 0 Å². The van der Waals surface area contributed by atoms with Gasteiger partial charge in [0.05, 0.1) is 0 Å². The van der Waals surface area contributed by atoms with Crippen LogP contribution in [0.5, 0.6) is 0 Å². The summed E-state index contributed by atoms with van der Waals surface area (Å²) in [5.41, 5.74) is 0. The minimum atomic E-state index is -6.00. The van der Waals surface area contributed by atoms with Crippen LogP contribution < -0.4 is 0 Å². The third-order valence-electron chi connectivity index (χ3n) is 1.21. The summed E-state index contributed by atoms with van der Waals surface area (Å²) < 4.78 is 39.0. The average molecular weight is 274 g/mol. The molecule has 90 valence electrons. The summed E-state index contributed by atoms with van der Waals surface area (Å²) in [4.78, 5) is 0. The molecule has 16 heavy (non-hydrogen) atoms. The van der Waals surface area contributed by atoms with Gasteiger partial charge in [0.2, 0.25) is 0 Å². The van der Waals surface area contributed by atoms with Crippen LogP contribution in [0.3, 0.4) is 0 Å². The summed E-state index contributed by atoms with van der Waals surface area (Å²) in [5, 5.41) is 0. The van der Waals surface area contributed by atoms with Crippen LogP contribution in [0.25, 0.3) is 0 Å². The van der Waals surface area contributed by atoms with Crippen molar-refractivity contribution in [2.45, 2.75) is 6.42 Å². The van der Waals surface area contributed by atoms with Crippen LogP contribution in [0.1, 0.15) is 6.42 Å². The summed E-state index contributed by atoms with van der Waals surface area (Å²) in [7, 11) is -6.00. The minimum Gasteiger partial charge on any atom is -0.418 e. The van der Waals surface area contributed by atoms with Gasteiger partial charge in [-0.1, -0.05) is 24.3 Å². The van der Waals surface area contributed by atoms with Crippen LogP contribution >= 0.6 is 0 Å². The molecule has 0 aromatic heterocycles. The molecule has 1 aromatic carbocycles. The normalized spacial score (nSPS) is 11.8. The molecular formula is C10H11BF4Fe. The molecule has 1 aromatic rings. The zero-order chi connectivity index (χ0) is 11.6. The molecule has 0 amide bonds. The third kappa shape index (κ3) is 23.2. The molecule has 1 aliphatic carbocycles. The van der Waals surface area contributed by atoms with Gasteiger partial charge in [-0.15, -0.1) is 0 Å². The topological polar surface area (TPSA) is 0 Å². The number of rotatable bonds is 0. The van der Waals surface area contributed by atoms with Crippen molar-refractivity contribution in [1.29, 1.82) is 0 Å². The largest absolute Gasteiger partial charge is 2.00 e. The average Bonchev–Trinajstić information content (AvgIpc) is 2.81. The summed E-state index contributed by atoms with van der Waals surface area (Å²) in [6.07, 6.45) is 9.50. The Morgan fingerprint density at radius 1 is 0.875 bits per heavy atom. The zero-order valence-electron chi connectivity index (χ0n) is 8.35. The Bertz CT molecular complexity index is 244. The summed E-state index contributed by atoms with van der Waals surface area (Å²) in [6.45, 7) is 0. The first kappa shape index (κ1) is 17.5. The van der Waals surface area contributed by atoms with Gasteiger partial charge in [-0.2, -0.15) is 18.2 Å². The van der Waals surface area contributed by atoms with Crippen molar-refractivity contribution in [2.24, 2.45) is 0 Å². The van der Waals surface area contributed by atoms with Crippen LogP contribution in [0.4, 0.5) is 17.3 Å². The van der Waals surface area contributed by atoms with Gasteiger partial charge >= 0.3 is 24.3 Å². The van der Waals surface area contributed by atoms with E-state index in [1.54, 1.807) is 0 Å². The maximum atomic E-state index is 9.75. The fraction of sp³-hybridized carbons (Fsp3) is 0.100. The zero-order valence-corrected chi connectivity index (χ0v) is 9.45. The van der Waals surface area contributed by atoms with Gasteiger partial charge in [-0.3, -0.25) is 0 Å². The first-order chi connectivity index (χ1) is 7.00. The van der Waals surface area contributed by atoms with E-state index < -0.39 is 7.25 Å². The molecule has 0 heterocycles. The van der Waals surface area contributed by atoms with Gasteiger partial charge in [-0.25, -0.2) is 12.1 Å². The van der Waals surface area contributed by atoms with Crippen molar-refractivity contribution in [3.05, 3.63) is 54.6 Å². The molecule has 0 N–H and O–H groups in total. The van der Waals surface area contributed by atoms with Crippen molar-refractivity contribution in [2.75, 3.05) is 0 Å². The molecule has 0 saturated heterocycles. The Hall–Kier alpha value is -0.866. The monoisotopic (exact) mass is 274 g/mol. The van der Waals surface area contributed by atoms with E-state index in [0.717, 1.165) is 6.42 Å². The van der Waals surface area contributed by atoms with Gasteiger partial charge in [-0.05, 0) is 6.42 Å². The Morgan fingerprint density at radius 3 is 1.38 bits per heavy atom. The smallest absolute Gasteiger partial charge is 0.418 e. The maximum Gasteiger partial charge on any atom is 2.00 e. The van der Waals surface area contributed by atoms with Crippen molar-refractivity contribution in [1.82, 2.24) is 0 Å². The van der Waals surface area contributed by atoms with Crippen molar-refractivity contribution in [3.63, 3.8) is 0 Å². The molecule has 0 aliphatic heterocycles. The first-order valence-electron chi connectivity index (χ1n) is 4.36. The van der Waals surface area contributed by atoms with E-state index in [1.165, 1.54) is 0 Å². The second-order valence-electron chi connectivity index (χ2n) is 2.55. The number of halogens is 4. The Labute approximate surface area is 103 Å². The van der Waals surface area contributed by atoms with Crippen LogP contribution in [0, 0.1) is 0 Å². The number of hydrogen-bond acceptors (Lipinski definition) is 0. The Kier molecular flexibility index (Phi) is 11.7. The van der Waals surface area contributed by atoms with Crippen molar-refractivity contribution >= 4 is 7.25 Å². The summed E-state index contributed by atoms with van der Waals surface area (Å²) >= 11 is 0. The standard InChI is InChI=1S/C5H6.C5H5.BF4.Fe/c2*1-2-4-5-3-1;2-1(3,4)5;/h1-4H,5H2;1-5H;;/q;2*-1;+2. The van der Waals surface area contributed by atoms with E-state index in [2.05, 4.69) is 24.3 Å². The van der Waals surface area contributed by atoms with Crippen LogP contribution in [0.15, 0.2) is 54.6 Å². The van der Waals surface area contributed by atoms with Gasteiger partial charge < -0.3 is 17.3 Å². The van der Waals surface area contributed by atoms with Crippen molar-refractivity contribution < 1.29 is 34.3 Å². The SMILES string of the molecule is C1=CCC=C1.F[B-](F)(F)F.[Fe+2].c1cc[cH-]c1. The van der Waals surface area contributed by atoms with E-state index in [0.29, 0.717) is 0 Å². The predicted octanol–water partition coefficient (Wildman–Crippen LogP) is 4.21. The second-order valence-corrected chi connectivity index (χ2v) is 2.55. The van der Waals surface area contributed by atoms with Gasteiger partial charge in [0.25, 0.3) is 0 Å². The van der Waals surface area contributed by atoms with Crippen LogP contribution in [-0.4, -0.2) is 7.25 Å². The Morgan fingerprint density at radius 2 is 1.25 bits per heavy atom. The molecule has 0 bridgehead atoms. The van der Waals surface area contributed by atoms with E-state index >= 15 is 0 Å². The molecule has 0 atom stereocenters. The van der Waals surface area contributed by atoms with E-state index in [4.69, 9.17) is 0 Å². The van der Waals surface area contributed by atoms with Gasteiger partial charge in [0, 0.05) is 0 Å². The third-order valence-corrected chi connectivity index (χ3v) is 1.21. The molecule has 1 aliphatic rings. The van der Waals surface area contributed by atoms with E-state index in [9.17, 15) is 17.3 Å². The summed E-state index contributed by atoms with van der Waals surface area (Å²) in [5.74, 6) is 0. The molecule has 0 unspecified atom stereocenters. The molecular weight excluding hydrogens is 263 g/mol. The fourth-order valence-corrected chi connectivity index (χ4v) is 0.714. The minimum absolute atomic E-state index is 0. The van der Waals surface area contributed by atoms with E-state index in [-0.39, 0.29) is 17.1 Å². The molecule has 0 fully saturated rings. The second kappa shape index (κ2) is 10.6. The molecule has 0 nitrogen and oxygen atoms in total. The maximum absolute atomic E-state index is 9.75. The summed E-state index contributed by atoms with van der Waals surface area (Å²) in [6, 6.07) is 10.0. The van der Waals surface area contributed by atoms with Crippen LogP contribution in [0.2, 0.25) is 0 Å². The Balaban J connectivity index is 0. The number of allylic oxidation sites excluding steroid dienone is 4. The predicted molar refractivity (Wildman–Crippen MR) is 55.1 cm³/mol. The quantitative estimate of drug-likeness (QED) is 0.377. The van der Waals surface area contributed by atoms with Gasteiger partial charge in [0.1, 0.15) is 0 Å².